The molecule has 0 radical (unpaired) electrons. The largest absolute Gasteiger partial charge is 0.368 e. The predicted octanol–water partition coefficient (Wildman–Crippen LogP) is 0.484. The Morgan fingerprint density at radius 3 is 3.00 bits per heavy atom. The van der Waals surface area contributed by atoms with E-state index in [0.717, 1.165) is 23.0 Å². The first-order chi connectivity index (χ1) is 7.65. The summed E-state index contributed by atoms with van der Waals surface area (Å²) >= 11 is 2.21. The van der Waals surface area contributed by atoms with Crippen LogP contribution in [0.1, 0.15) is 19.3 Å². The van der Waals surface area contributed by atoms with Crippen LogP contribution >= 0.6 is 22.6 Å². The van der Waals surface area contributed by atoms with Gasteiger partial charge in [-0.15, -0.1) is 0 Å². The number of amides is 1. The van der Waals surface area contributed by atoms with Crippen LogP contribution < -0.4 is 11.1 Å². The van der Waals surface area contributed by atoms with Gasteiger partial charge in [0.15, 0.2) is 0 Å². The topological polar surface area (TPSA) is 72.9 Å². The van der Waals surface area contributed by atoms with E-state index in [2.05, 4.69) is 33.0 Å². The number of nitrogens with two attached hydrogens (primary N) is 1. The molecule has 1 saturated carbocycles. The molecule has 1 aliphatic carbocycles. The van der Waals surface area contributed by atoms with Crippen LogP contribution in [-0.4, -0.2) is 27.8 Å². The molecule has 0 aliphatic heterocycles. The SMILES string of the molecule is NC(=O)C(CCn1cc(I)cn1)NC1CC1. The first-order valence-electron chi connectivity index (χ1n) is 5.38. The van der Waals surface area contributed by atoms with Gasteiger partial charge in [-0.05, 0) is 41.9 Å². The summed E-state index contributed by atoms with van der Waals surface area (Å²) < 4.78 is 2.94. The van der Waals surface area contributed by atoms with E-state index in [-0.39, 0.29) is 11.9 Å². The van der Waals surface area contributed by atoms with E-state index in [9.17, 15) is 4.79 Å². The van der Waals surface area contributed by atoms with Gasteiger partial charge < -0.3 is 11.1 Å². The standard InChI is InChI=1S/C10H15IN4O/c11-7-5-13-15(6-7)4-3-9(10(12)16)14-8-1-2-8/h5-6,8-9,14H,1-4H2,(H2,12,16). The number of aryl methyl sites for hydroxylation is 1. The maximum Gasteiger partial charge on any atom is 0.234 e. The van der Waals surface area contributed by atoms with E-state index in [0.29, 0.717) is 12.5 Å². The molecule has 5 nitrogen and oxygen atoms in total. The maximum atomic E-state index is 11.2. The van der Waals surface area contributed by atoms with Crippen molar-refractivity contribution in [2.24, 2.45) is 5.73 Å². The second-order valence-electron chi connectivity index (χ2n) is 4.11. The summed E-state index contributed by atoms with van der Waals surface area (Å²) in [7, 11) is 0. The second-order valence-corrected chi connectivity index (χ2v) is 5.35. The summed E-state index contributed by atoms with van der Waals surface area (Å²) in [6.45, 7) is 0.719. The highest BCUT2D eigenvalue weighted by Crippen LogP contribution is 2.20. The molecule has 1 fully saturated rings. The number of hydrogen-bond donors (Lipinski definition) is 2. The average molecular weight is 334 g/mol. The molecule has 3 N–H and O–H groups in total. The number of nitrogens with zero attached hydrogens (tertiary/aromatic N) is 2. The Hall–Kier alpha value is -0.630. The van der Waals surface area contributed by atoms with E-state index in [4.69, 9.17) is 5.73 Å². The third kappa shape index (κ3) is 3.44. The molecule has 1 aromatic rings. The van der Waals surface area contributed by atoms with Crippen LogP contribution in [0.15, 0.2) is 12.4 Å². The Morgan fingerprint density at radius 2 is 2.50 bits per heavy atom. The second kappa shape index (κ2) is 5.13. The van der Waals surface area contributed by atoms with Crippen molar-refractivity contribution in [2.75, 3.05) is 0 Å². The molecule has 0 spiro atoms. The van der Waals surface area contributed by atoms with Crippen molar-refractivity contribution in [1.82, 2.24) is 15.1 Å². The first kappa shape index (κ1) is 11.8. The highest BCUT2D eigenvalue weighted by molar-refractivity contribution is 14.1. The zero-order valence-electron chi connectivity index (χ0n) is 8.90. The predicted molar refractivity (Wildman–Crippen MR) is 68.7 cm³/mol. The Balaban J connectivity index is 1.83. The summed E-state index contributed by atoms with van der Waals surface area (Å²) in [6.07, 6.45) is 6.76. The fourth-order valence-corrected chi connectivity index (χ4v) is 2.01. The fourth-order valence-electron chi connectivity index (χ4n) is 1.56. The Bertz CT molecular complexity index is 375. The summed E-state index contributed by atoms with van der Waals surface area (Å²) in [6, 6.07) is 0.268. The van der Waals surface area contributed by atoms with Gasteiger partial charge in [-0.3, -0.25) is 9.48 Å². The lowest BCUT2D eigenvalue weighted by atomic mass is 10.2. The molecule has 1 aliphatic rings. The van der Waals surface area contributed by atoms with Gasteiger partial charge >= 0.3 is 0 Å². The molecular weight excluding hydrogens is 319 g/mol. The van der Waals surface area contributed by atoms with Crippen molar-refractivity contribution in [3.8, 4) is 0 Å². The number of nitrogens with one attached hydrogen (secondary N) is 1. The number of hydrogen-bond acceptors (Lipinski definition) is 3. The van der Waals surface area contributed by atoms with Crippen molar-refractivity contribution < 1.29 is 4.79 Å². The smallest absolute Gasteiger partial charge is 0.234 e. The molecule has 1 aromatic heterocycles. The Labute approximate surface area is 108 Å². The van der Waals surface area contributed by atoms with Crippen molar-refractivity contribution >= 4 is 28.5 Å². The van der Waals surface area contributed by atoms with E-state index < -0.39 is 0 Å². The van der Waals surface area contributed by atoms with Gasteiger partial charge in [0.2, 0.25) is 5.91 Å². The fraction of sp³-hybridized carbons (Fsp3) is 0.600. The molecule has 1 atom stereocenters. The Morgan fingerprint density at radius 1 is 1.75 bits per heavy atom. The minimum atomic E-state index is -0.270. The van der Waals surface area contributed by atoms with Gasteiger partial charge in [0.25, 0.3) is 0 Å². The molecule has 1 heterocycles. The minimum Gasteiger partial charge on any atom is -0.368 e. The van der Waals surface area contributed by atoms with E-state index >= 15 is 0 Å². The lowest BCUT2D eigenvalue weighted by molar-refractivity contribution is -0.120. The van der Waals surface area contributed by atoms with Crippen molar-refractivity contribution in [3.63, 3.8) is 0 Å². The van der Waals surface area contributed by atoms with Gasteiger partial charge in [-0.1, -0.05) is 0 Å². The molecular formula is C10H15IN4O. The number of carbonyl (C=O) groups is 1. The van der Waals surface area contributed by atoms with Crippen LogP contribution in [0.4, 0.5) is 0 Å². The van der Waals surface area contributed by atoms with E-state index in [1.807, 2.05) is 10.9 Å². The Kier molecular flexibility index (Phi) is 3.80. The summed E-state index contributed by atoms with van der Waals surface area (Å²) in [5, 5.41) is 7.42. The number of aromatic nitrogens is 2. The van der Waals surface area contributed by atoms with E-state index in [1.54, 1.807) is 6.20 Å². The number of halogens is 1. The van der Waals surface area contributed by atoms with Gasteiger partial charge in [0.05, 0.1) is 15.8 Å². The summed E-state index contributed by atoms with van der Waals surface area (Å²) in [4.78, 5) is 11.2. The van der Waals surface area contributed by atoms with Crippen LogP contribution in [0.5, 0.6) is 0 Å². The lowest BCUT2D eigenvalue weighted by Crippen LogP contribution is -2.43. The third-order valence-corrected chi connectivity index (χ3v) is 3.16. The zero-order valence-corrected chi connectivity index (χ0v) is 11.1. The molecule has 1 unspecified atom stereocenters. The number of rotatable bonds is 6. The van der Waals surface area contributed by atoms with Crippen LogP contribution in [0.25, 0.3) is 0 Å². The van der Waals surface area contributed by atoms with Gasteiger partial charge in [0.1, 0.15) is 0 Å². The van der Waals surface area contributed by atoms with Gasteiger partial charge in [-0.2, -0.15) is 5.10 Å². The lowest BCUT2D eigenvalue weighted by Gasteiger charge is -2.14. The van der Waals surface area contributed by atoms with Crippen LogP contribution in [0.3, 0.4) is 0 Å². The molecule has 6 heteroatoms. The summed E-state index contributed by atoms with van der Waals surface area (Å²) in [5.74, 6) is -0.270. The highest BCUT2D eigenvalue weighted by atomic mass is 127. The monoisotopic (exact) mass is 334 g/mol. The van der Waals surface area contributed by atoms with Crippen molar-refractivity contribution in [2.45, 2.75) is 37.9 Å². The van der Waals surface area contributed by atoms with E-state index in [1.165, 1.54) is 0 Å². The molecule has 0 saturated heterocycles. The van der Waals surface area contributed by atoms with Gasteiger partial charge in [0, 0.05) is 18.8 Å². The van der Waals surface area contributed by atoms with Crippen LogP contribution in [-0.2, 0) is 11.3 Å². The average Bonchev–Trinajstić information content (AvgIpc) is 2.95. The number of primary amides is 1. The molecule has 0 aromatic carbocycles. The highest BCUT2D eigenvalue weighted by Gasteiger charge is 2.26. The van der Waals surface area contributed by atoms with Gasteiger partial charge in [-0.25, -0.2) is 0 Å². The molecule has 88 valence electrons. The van der Waals surface area contributed by atoms with Crippen LogP contribution in [0, 0.1) is 3.57 Å². The summed E-state index contributed by atoms with van der Waals surface area (Å²) in [5.41, 5.74) is 5.35. The zero-order chi connectivity index (χ0) is 11.5. The van der Waals surface area contributed by atoms with Crippen molar-refractivity contribution in [1.29, 1.82) is 0 Å². The number of carbonyl (C=O) groups excluding carboxylic acids is 1. The molecule has 0 bridgehead atoms. The molecule has 1 amide bonds. The van der Waals surface area contributed by atoms with Crippen molar-refractivity contribution in [3.05, 3.63) is 16.0 Å². The van der Waals surface area contributed by atoms with Crippen LogP contribution in [0.2, 0.25) is 0 Å². The molecule has 16 heavy (non-hydrogen) atoms. The third-order valence-electron chi connectivity index (χ3n) is 2.61. The minimum absolute atomic E-state index is 0.227. The first-order valence-corrected chi connectivity index (χ1v) is 6.46. The quantitative estimate of drug-likeness (QED) is 0.744. The molecule has 2 rings (SSSR count). The maximum absolute atomic E-state index is 11.2. The normalized spacial score (nSPS) is 17.3.